The van der Waals surface area contributed by atoms with Crippen LogP contribution in [0.5, 0.6) is 0 Å². The summed E-state index contributed by atoms with van der Waals surface area (Å²) < 4.78 is 0. The average molecular weight is 206 g/mol. The standard InChI is InChI=1S/C11H18N4/c12-10-1-3-11(4-2-10)15-7-9-5-13-8-14-6-9/h5-6,8,10-11,15H,1-4,7,12H2. The van der Waals surface area contributed by atoms with E-state index < -0.39 is 0 Å². The summed E-state index contributed by atoms with van der Waals surface area (Å²) in [5, 5.41) is 3.52. The van der Waals surface area contributed by atoms with Crippen LogP contribution in [-0.4, -0.2) is 22.1 Å². The van der Waals surface area contributed by atoms with E-state index in [1.807, 2.05) is 12.4 Å². The van der Waals surface area contributed by atoms with Crippen molar-refractivity contribution in [2.24, 2.45) is 5.73 Å². The van der Waals surface area contributed by atoms with Crippen LogP contribution in [0.2, 0.25) is 0 Å². The summed E-state index contributed by atoms with van der Waals surface area (Å²) in [6.07, 6.45) is 9.93. The van der Waals surface area contributed by atoms with Crippen molar-refractivity contribution in [2.45, 2.75) is 44.3 Å². The molecule has 3 N–H and O–H groups in total. The summed E-state index contributed by atoms with van der Waals surface area (Å²) in [7, 11) is 0. The molecule has 0 aromatic carbocycles. The SMILES string of the molecule is NC1CCC(NCc2cncnc2)CC1. The third kappa shape index (κ3) is 3.25. The Morgan fingerprint density at radius 3 is 2.53 bits per heavy atom. The van der Waals surface area contributed by atoms with Gasteiger partial charge in [0, 0.05) is 36.6 Å². The second kappa shape index (κ2) is 5.19. The first kappa shape index (κ1) is 10.5. The molecule has 0 radical (unpaired) electrons. The van der Waals surface area contributed by atoms with Crippen molar-refractivity contribution in [2.75, 3.05) is 0 Å². The van der Waals surface area contributed by atoms with Gasteiger partial charge in [-0.2, -0.15) is 0 Å². The second-order valence-corrected chi connectivity index (χ2v) is 4.24. The Morgan fingerprint density at radius 1 is 1.20 bits per heavy atom. The van der Waals surface area contributed by atoms with Crippen molar-refractivity contribution < 1.29 is 0 Å². The van der Waals surface area contributed by atoms with Gasteiger partial charge in [0.25, 0.3) is 0 Å². The Balaban J connectivity index is 1.74. The molecule has 0 unspecified atom stereocenters. The molecule has 0 atom stereocenters. The lowest BCUT2D eigenvalue weighted by Crippen LogP contribution is -2.37. The van der Waals surface area contributed by atoms with Gasteiger partial charge in [-0.25, -0.2) is 9.97 Å². The molecule has 4 heteroatoms. The molecule has 0 bridgehead atoms. The van der Waals surface area contributed by atoms with E-state index in [0.717, 1.165) is 24.9 Å². The van der Waals surface area contributed by atoms with Crippen molar-refractivity contribution in [3.05, 3.63) is 24.3 Å². The predicted octanol–water partition coefficient (Wildman–Crippen LogP) is 0.836. The molecule has 1 heterocycles. The number of aromatic nitrogens is 2. The highest BCUT2D eigenvalue weighted by atomic mass is 14.9. The van der Waals surface area contributed by atoms with Crippen molar-refractivity contribution >= 4 is 0 Å². The molecule has 0 saturated heterocycles. The van der Waals surface area contributed by atoms with Gasteiger partial charge in [0.05, 0.1) is 0 Å². The topological polar surface area (TPSA) is 63.8 Å². The van der Waals surface area contributed by atoms with E-state index in [-0.39, 0.29) is 0 Å². The minimum Gasteiger partial charge on any atom is -0.328 e. The van der Waals surface area contributed by atoms with Crippen molar-refractivity contribution in [3.63, 3.8) is 0 Å². The molecule has 1 aromatic rings. The van der Waals surface area contributed by atoms with Crippen LogP contribution in [0.3, 0.4) is 0 Å². The highest BCUT2D eigenvalue weighted by molar-refractivity contribution is 5.01. The zero-order chi connectivity index (χ0) is 10.5. The minimum atomic E-state index is 0.420. The predicted molar refractivity (Wildman–Crippen MR) is 59.1 cm³/mol. The lowest BCUT2D eigenvalue weighted by molar-refractivity contribution is 0.341. The molecular weight excluding hydrogens is 188 g/mol. The van der Waals surface area contributed by atoms with E-state index in [4.69, 9.17) is 5.73 Å². The molecule has 1 aliphatic rings. The lowest BCUT2D eigenvalue weighted by Gasteiger charge is -2.26. The third-order valence-corrected chi connectivity index (χ3v) is 2.98. The van der Waals surface area contributed by atoms with Gasteiger partial charge in [0.2, 0.25) is 0 Å². The molecule has 1 aliphatic carbocycles. The molecular formula is C11H18N4. The molecule has 4 nitrogen and oxygen atoms in total. The van der Waals surface area contributed by atoms with Gasteiger partial charge >= 0.3 is 0 Å². The van der Waals surface area contributed by atoms with E-state index in [0.29, 0.717) is 12.1 Å². The summed E-state index contributed by atoms with van der Waals surface area (Å²) in [4.78, 5) is 7.98. The van der Waals surface area contributed by atoms with Crippen LogP contribution < -0.4 is 11.1 Å². The monoisotopic (exact) mass is 206 g/mol. The first-order chi connectivity index (χ1) is 7.34. The number of hydrogen-bond donors (Lipinski definition) is 2. The second-order valence-electron chi connectivity index (χ2n) is 4.24. The van der Waals surface area contributed by atoms with Crippen molar-refractivity contribution in [1.29, 1.82) is 0 Å². The number of nitrogens with zero attached hydrogens (tertiary/aromatic N) is 2. The first-order valence-corrected chi connectivity index (χ1v) is 5.57. The fourth-order valence-electron chi connectivity index (χ4n) is 2.01. The Hall–Kier alpha value is -1.00. The molecule has 1 aromatic heterocycles. The van der Waals surface area contributed by atoms with Gasteiger partial charge in [-0.05, 0) is 25.7 Å². The minimum absolute atomic E-state index is 0.420. The summed E-state index contributed by atoms with van der Waals surface area (Å²) in [5.41, 5.74) is 7.00. The van der Waals surface area contributed by atoms with E-state index in [1.54, 1.807) is 6.33 Å². The van der Waals surface area contributed by atoms with E-state index in [2.05, 4.69) is 15.3 Å². The van der Waals surface area contributed by atoms with Gasteiger partial charge in [-0.1, -0.05) is 0 Å². The maximum Gasteiger partial charge on any atom is 0.115 e. The van der Waals surface area contributed by atoms with E-state index in [9.17, 15) is 0 Å². The van der Waals surface area contributed by atoms with E-state index in [1.165, 1.54) is 12.8 Å². The maximum absolute atomic E-state index is 5.86. The smallest absolute Gasteiger partial charge is 0.115 e. The van der Waals surface area contributed by atoms with Crippen LogP contribution in [0.25, 0.3) is 0 Å². The quantitative estimate of drug-likeness (QED) is 0.769. The zero-order valence-electron chi connectivity index (χ0n) is 8.89. The summed E-state index contributed by atoms with van der Waals surface area (Å²) in [5.74, 6) is 0. The maximum atomic E-state index is 5.86. The van der Waals surface area contributed by atoms with Gasteiger partial charge in [-0.15, -0.1) is 0 Å². The fraction of sp³-hybridized carbons (Fsp3) is 0.636. The third-order valence-electron chi connectivity index (χ3n) is 2.98. The molecule has 1 saturated carbocycles. The Bertz CT molecular complexity index is 280. The number of hydrogen-bond acceptors (Lipinski definition) is 4. The van der Waals surface area contributed by atoms with Gasteiger partial charge in [0.1, 0.15) is 6.33 Å². The fourth-order valence-corrected chi connectivity index (χ4v) is 2.01. The zero-order valence-corrected chi connectivity index (χ0v) is 8.89. The summed E-state index contributed by atoms with van der Waals surface area (Å²) >= 11 is 0. The molecule has 2 rings (SSSR count). The number of nitrogens with two attached hydrogens (primary N) is 1. The highest BCUT2D eigenvalue weighted by Gasteiger charge is 2.17. The van der Waals surface area contributed by atoms with Crippen LogP contribution in [0.4, 0.5) is 0 Å². The summed E-state index contributed by atoms with van der Waals surface area (Å²) in [6, 6.07) is 1.04. The first-order valence-electron chi connectivity index (χ1n) is 5.57. The van der Waals surface area contributed by atoms with Gasteiger partial charge in [-0.3, -0.25) is 0 Å². The summed E-state index contributed by atoms with van der Waals surface area (Å²) in [6.45, 7) is 0.862. The van der Waals surface area contributed by atoms with Crippen LogP contribution in [0, 0.1) is 0 Å². The molecule has 15 heavy (non-hydrogen) atoms. The van der Waals surface area contributed by atoms with E-state index >= 15 is 0 Å². The lowest BCUT2D eigenvalue weighted by atomic mass is 9.92. The number of rotatable bonds is 3. The van der Waals surface area contributed by atoms with Crippen LogP contribution in [-0.2, 0) is 6.54 Å². The average Bonchev–Trinajstić information content (AvgIpc) is 2.30. The molecule has 1 fully saturated rings. The van der Waals surface area contributed by atoms with Crippen LogP contribution in [0.15, 0.2) is 18.7 Å². The van der Waals surface area contributed by atoms with Gasteiger partial charge < -0.3 is 11.1 Å². The van der Waals surface area contributed by atoms with Crippen LogP contribution in [0.1, 0.15) is 31.2 Å². The molecule has 82 valence electrons. The molecule has 0 amide bonds. The van der Waals surface area contributed by atoms with Gasteiger partial charge in [0.15, 0.2) is 0 Å². The molecule has 0 spiro atoms. The van der Waals surface area contributed by atoms with Crippen molar-refractivity contribution in [3.8, 4) is 0 Å². The van der Waals surface area contributed by atoms with Crippen molar-refractivity contribution in [1.82, 2.24) is 15.3 Å². The molecule has 0 aliphatic heterocycles. The normalized spacial score (nSPS) is 26.5. The van der Waals surface area contributed by atoms with Crippen LogP contribution >= 0.6 is 0 Å². The number of nitrogens with one attached hydrogen (secondary N) is 1. The largest absolute Gasteiger partial charge is 0.328 e. The highest BCUT2D eigenvalue weighted by Crippen LogP contribution is 2.17. The Labute approximate surface area is 90.3 Å². The Morgan fingerprint density at radius 2 is 1.87 bits per heavy atom. The Kier molecular flexibility index (Phi) is 3.64.